The normalized spacial score (nSPS) is 15.9. The Balaban J connectivity index is 0.00000176. The van der Waals surface area contributed by atoms with Crippen molar-refractivity contribution in [2.45, 2.75) is 20.0 Å². The van der Waals surface area contributed by atoms with Gasteiger partial charge >= 0.3 is 0 Å². The molecule has 0 spiro atoms. The Kier molecular flexibility index (Phi) is 6.70. The fourth-order valence-corrected chi connectivity index (χ4v) is 3.12. The summed E-state index contributed by atoms with van der Waals surface area (Å²) < 4.78 is 2.34. The number of hydrogen-bond donors (Lipinski definition) is 2. The Hall–Kier alpha value is -1.07. The monoisotopic (exact) mass is 322 g/mol. The van der Waals surface area contributed by atoms with Gasteiger partial charge in [-0.1, -0.05) is 18.2 Å². The highest BCUT2D eigenvalue weighted by Gasteiger charge is 2.09. The molecule has 2 N–H and O–H groups in total. The van der Waals surface area contributed by atoms with Crippen LogP contribution in [0.1, 0.15) is 12.5 Å². The van der Waals surface area contributed by atoms with Crippen LogP contribution in [0.25, 0.3) is 10.9 Å². The highest BCUT2D eigenvalue weighted by Crippen LogP contribution is 2.21. The van der Waals surface area contributed by atoms with Crippen LogP contribution in [0.2, 0.25) is 0 Å². The van der Waals surface area contributed by atoms with Crippen LogP contribution in [-0.2, 0) is 13.1 Å². The second-order valence-electron chi connectivity index (χ2n) is 5.73. The van der Waals surface area contributed by atoms with Crippen molar-refractivity contribution in [3.8, 4) is 0 Å². The van der Waals surface area contributed by atoms with E-state index < -0.39 is 0 Å². The van der Waals surface area contributed by atoms with Crippen molar-refractivity contribution in [1.29, 1.82) is 0 Å². The quantitative estimate of drug-likeness (QED) is 0.799. The molecule has 0 unspecified atom stereocenters. The second kappa shape index (κ2) is 8.53. The zero-order chi connectivity index (χ0) is 14.5. The summed E-state index contributed by atoms with van der Waals surface area (Å²) in [6.45, 7) is 11.0. The third-order valence-electron chi connectivity index (χ3n) is 4.34. The van der Waals surface area contributed by atoms with Crippen LogP contribution in [0.4, 0.5) is 0 Å². The maximum Gasteiger partial charge on any atom is 0.0483 e. The largest absolute Gasteiger partial charge is 0.347 e. The molecule has 2 aromatic rings. The van der Waals surface area contributed by atoms with E-state index in [1.807, 2.05) is 0 Å². The maximum atomic E-state index is 3.60. The molecule has 0 bridgehead atoms. The van der Waals surface area contributed by atoms with E-state index in [0.29, 0.717) is 0 Å². The van der Waals surface area contributed by atoms with Gasteiger partial charge in [-0.25, -0.2) is 0 Å². The van der Waals surface area contributed by atoms with Gasteiger partial charge in [-0.3, -0.25) is 4.90 Å². The van der Waals surface area contributed by atoms with Gasteiger partial charge in [-0.05, 0) is 18.6 Å². The summed E-state index contributed by atoms with van der Waals surface area (Å²) in [5.41, 5.74) is 2.76. The van der Waals surface area contributed by atoms with Crippen LogP contribution in [0.5, 0.6) is 0 Å². The number of piperazine rings is 1. The fourth-order valence-electron chi connectivity index (χ4n) is 3.12. The third kappa shape index (κ3) is 4.02. The van der Waals surface area contributed by atoms with E-state index in [2.05, 4.69) is 57.5 Å². The molecule has 0 aliphatic carbocycles. The standard InChI is InChI=1S/C17H26N4.ClH/c1-2-21-14-15(16-5-3-4-6-17(16)21)13-19-9-12-20-10-7-18-8-11-20;/h3-6,14,18-19H,2,7-13H2,1H3;1H. The molecule has 0 amide bonds. The molecule has 4 nitrogen and oxygen atoms in total. The van der Waals surface area contributed by atoms with Crippen molar-refractivity contribution in [3.05, 3.63) is 36.0 Å². The number of nitrogens with one attached hydrogen (secondary N) is 2. The van der Waals surface area contributed by atoms with E-state index in [1.165, 1.54) is 29.6 Å². The number of halogens is 1. The van der Waals surface area contributed by atoms with Gasteiger partial charge in [0.05, 0.1) is 0 Å². The van der Waals surface area contributed by atoms with Crippen LogP contribution in [0.3, 0.4) is 0 Å². The van der Waals surface area contributed by atoms with Crippen molar-refractivity contribution in [1.82, 2.24) is 20.1 Å². The van der Waals surface area contributed by atoms with E-state index >= 15 is 0 Å². The molecule has 0 atom stereocenters. The SMILES string of the molecule is CCn1cc(CNCCN2CCNCC2)c2ccccc21.Cl. The number of aromatic nitrogens is 1. The summed E-state index contributed by atoms with van der Waals surface area (Å²) in [6, 6.07) is 8.69. The molecular formula is C17H27ClN4. The summed E-state index contributed by atoms with van der Waals surface area (Å²) in [7, 11) is 0. The highest BCUT2D eigenvalue weighted by atomic mass is 35.5. The Morgan fingerprint density at radius 1 is 1.18 bits per heavy atom. The number of rotatable bonds is 6. The molecule has 1 aliphatic rings. The molecule has 1 fully saturated rings. The van der Waals surface area contributed by atoms with Crippen LogP contribution >= 0.6 is 12.4 Å². The predicted octanol–water partition coefficient (Wildman–Crippen LogP) is 2.08. The lowest BCUT2D eigenvalue weighted by atomic mass is 10.2. The first kappa shape index (κ1) is 17.3. The van der Waals surface area contributed by atoms with Gasteiger partial charge in [0.25, 0.3) is 0 Å². The van der Waals surface area contributed by atoms with E-state index in [4.69, 9.17) is 0 Å². The van der Waals surface area contributed by atoms with Gasteiger partial charge < -0.3 is 15.2 Å². The van der Waals surface area contributed by atoms with Gasteiger partial charge in [0.2, 0.25) is 0 Å². The number of para-hydroxylation sites is 1. The predicted molar refractivity (Wildman–Crippen MR) is 95.9 cm³/mol. The van der Waals surface area contributed by atoms with E-state index in [-0.39, 0.29) is 12.4 Å². The van der Waals surface area contributed by atoms with Crippen LogP contribution in [0.15, 0.2) is 30.5 Å². The maximum absolute atomic E-state index is 3.60. The molecule has 0 radical (unpaired) electrons. The number of fused-ring (bicyclic) bond motifs is 1. The van der Waals surface area contributed by atoms with Crippen LogP contribution in [-0.4, -0.2) is 48.7 Å². The smallest absolute Gasteiger partial charge is 0.0483 e. The van der Waals surface area contributed by atoms with E-state index in [1.54, 1.807) is 0 Å². The molecular weight excluding hydrogens is 296 g/mol. The molecule has 122 valence electrons. The van der Waals surface area contributed by atoms with Gasteiger partial charge in [-0.2, -0.15) is 0 Å². The van der Waals surface area contributed by atoms with Gasteiger partial charge in [-0.15, -0.1) is 12.4 Å². The zero-order valence-electron chi connectivity index (χ0n) is 13.3. The van der Waals surface area contributed by atoms with Crippen LogP contribution in [0, 0.1) is 0 Å². The molecule has 1 aromatic heterocycles. The average molecular weight is 323 g/mol. The number of benzene rings is 1. The zero-order valence-corrected chi connectivity index (χ0v) is 14.2. The third-order valence-corrected chi connectivity index (χ3v) is 4.34. The Morgan fingerprint density at radius 2 is 1.95 bits per heavy atom. The lowest BCUT2D eigenvalue weighted by molar-refractivity contribution is 0.241. The molecule has 5 heteroatoms. The number of nitrogens with zero attached hydrogens (tertiary/aromatic N) is 2. The van der Waals surface area contributed by atoms with Crippen molar-refractivity contribution >= 4 is 23.3 Å². The summed E-state index contributed by atoms with van der Waals surface area (Å²) in [4.78, 5) is 2.53. The van der Waals surface area contributed by atoms with E-state index in [9.17, 15) is 0 Å². The first-order valence-corrected chi connectivity index (χ1v) is 8.09. The Bertz CT molecular complexity index is 575. The molecule has 3 rings (SSSR count). The fraction of sp³-hybridized carbons (Fsp3) is 0.529. The van der Waals surface area contributed by atoms with Gasteiger partial charge in [0, 0.05) is 69.5 Å². The molecule has 1 aromatic carbocycles. The Labute approximate surface area is 139 Å². The summed E-state index contributed by atoms with van der Waals surface area (Å²) in [6.07, 6.45) is 2.29. The lowest BCUT2D eigenvalue weighted by Crippen LogP contribution is -2.45. The molecule has 2 heterocycles. The van der Waals surface area contributed by atoms with Crippen molar-refractivity contribution in [2.24, 2.45) is 0 Å². The minimum absolute atomic E-state index is 0. The van der Waals surface area contributed by atoms with Gasteiger partial charge in [0.1, 0.15) is 0 Å². The number of aryl methyl sites for hydroxylation is 1. The minimum atomic E-state index is 0. The molecule has 1 aliphatic heterocycles. The highest BCUT2D eigenvalue weighted by molar-refractivity contribution is 5.85. The first-order chi connectivity index (χ1) is 10.4. The van der Waals surface area contributed by atoms with Gasteiger partial charge in [0.15, 0.2) is 0 Å². The lowest BCUT2D eigenvalue weighted by Gasteiger charge is -2.27. The summed E-state index contributed by atoms with van der Waals surface area (Å²) in [5, 5.41) is 8.38. The van der Waals surface area contributed by atoms with Crippen molar-refractivity contribution in [3.63, 3.8) is 0 Å². The van der Waals surface area contributed by atoms with Crippen molar-refractivity contribution < 1.29 is 0 Å². The van der Waals surface area contributed by atoms with E-state index in [0.717, 1.165) is 39.3 Å². The van der Waals surface area contributed by atoms with Crippen LogP contribution < -0.4 is 10.6 Å². The molecule has 0 saturated carbocycles. The Morgan fingerprint density at radius 3 is 2.73 bits per heavy atom. The molecule has 22 heavy (non-hydrogen) atoms. The van der Waals surface area contributed by atoms with Crippen molar-refractivity contribution in [2.75, 3.05) is 39.3 Å². The average Bonchev–Trinajstić information content (AvgIpc) is 2.91. The minimum Gasteiger partial charge on any atom is -0.347 e. The summed E-state index contributed by atoms with van der Waals surface area (Å²) >= 11 is 0. The summed E-state index contributed by atoms with van der Waals surface area (Å²) in [5.74, 6) is 0. The molecule has 1 saturated heterocycles. The number of hydrogen-bond acceptors (Lipinski definition) is 3. The topological polar surface area (TPSA) is 32.2 Å². The second-order valence-corrected chi connectivity index (χ2v) is 5.73. The first-order valence-electron chi connectivity index (χ1n) is 8.09.